The van der Waals surface area contributed by atoms with Crippen molar-refractivity contribution >= 4 is 33.2 Å². The van der Waals surface area contributed by atoms with Crippen LogP contribution in [0.3, 0.4) is 0 Å². The van der Waals surface area contributed by atoms with Gasteiger partial charge in [0.2, 0.25) is 0 Å². The van der Waals surface area contributed by atoms with Gasteiger partial charge in [-0.1, -0.05) is 28.1 Å². The number of ether oxygens (including phenoxy) is 1. The average Bonchev–Trinajstić information content (AvgIpc) is 2.52. The topological polar surface area (TPSA) is 76.7 Å². The van der Waals surface area contributed by atoms with Crippen molar-refractivity contribution in [1.29, 1.82) is 0 Å². The van der Waals surface area contributed by atoms with Crippen LogP contribution in [-0.2, 0) is 4.79 Å². The standard InChI is InChI=1S/C16H16BrN3O2/c1-11(12-2-6-14(18)7-3-12)19-20-16(21)10-22-15-8-4-13(17)5-9-15/h2-9H,10,18H2,1H3,(H,20,21)/b19-11-. The number of nitrogens with two attached hydrogens (primary N) is 1. The first-order chi connectivity index (χ1) is 10.5. The summed E-state index contributed by atoms with van der Waals surface area (Å²) in [4.78, 5) is 11.7. The number of nitrogen functional groups attached to an aromatic ring is 1. The molecule has 0 aliphatic rings. The van der Waals surface area contributed by atoms with Crippen LogP contribution in [0, 0.1) is 0 Å². The fraction of sp³-hybridized carbons (Fsp3) is 0.125. The average molecular weight is 362 g/mol. The smallest absolute Gasteiger partial charge is 0.277 e. The first-order valence-corrected chi connectivity index (χ1v) is 7.41. The summed E-state index contributed by atoms with van der Waals surface area (Å²) in [5.74, 6) is 0.301. The van der Waals surface area contributed by atoms with E-state index in [1.165, 1.54) is 0 Å². The molecule has 2 aromatic rings. The largest absolute Gasteiger partial charge is 0.484 e. The zero-order valence-corrected chi connectivity index (χ0v) is 13.6. The highest BCUT2D eigenvalue weighted by atomic mass is 79.9. The summed E-state index contributed by atoms with van der Waals surface area (Å²) in [6, 6.07) is 14.5. The van der Waals surface area contributed by atoms with Crippen molar-refractivity contribution in [2.45, 2.75) is 6.92 Å². The van der Waals surface area contributed by atoms with Gasteiger partial charge in [0.25, 0.3) is 5.91 Å². The molecule has 22 heavy (non-hydrogen) atoms. The molecule has 0 spiro atoms. The van der Waals surface area contributed by atoms with Gasteiger partial charge in [0.1, 0.15) is 5.75 Å². The predicted octanol–water partition coefficient (Wildman–Crippen LogP) is 2.95. The Morgan fingerprint density at radius 3 is 2.45 bits per heavy atom. The number of hydrogen-bond acceptors (Lipinski definition) is 4. The van der Waals surface area contributed by atoms with Crippen LogP contribution in [0.1, 0.15) is 12.5 Å². The van der Waals surface area contributed by atoms with Crippen molar-refractivity contribution in [2.75, 3.05) is 12.3 Å². The number of anilines is 1. The summed E-state index contributed by atoms with van der Waals surface area (Å²) < 4.78 is 6.31. The molecular weight excluding hydrogens is 346 g/mol. The van der Waals surface area contributed by atoms with E-state index in [9.17, 15) is 4.79 Å². The quantitative estimate of drug-likeness (QED) is 0.488. The van der Waals surface area contributed by atoms with Crippen molar-refractivity contribution in [3.8, 4) is 5.75 Å². The Labute approximate surface area is 137 Å². The number of halogens is 1. The Bertz CT molecular complexity index is 667. The summed E-state index contributed by atoms with van der Waals surface area (Å²) in [7, 11) is 0. The van der Waals surface area contributed by atoms with Gasteiger partial charge in [-0.25, -0.2) is 5.43 Å². The van der Waals surface area contributed by atoms with Crippen molar-refractivity contribution < 1.29 is 9.53 Å². The van der Waals surface area contributed by atoms with Gasteiger partial charge in [0, 0.05) is 10.2 Å². The molecule has 0 unspecified atom stereocenters. The minimum Gasteiger partial charge on any atom is -0.484 e. The lowest BCUT2D eigenvalue weighted by Gasteiger charge is -2.06. The molecule has 0 saturated heterocycles. The Kier molecular flexibility index (Phi) is 5.55. The minimum absolute atomic E-state index is 0.0971. The van der Waals surface area contributed by atoms with Crippen LogP contribution >= 0.6 is 15.9 Å². The Balaban J connectivity index is 1.85. The predicted molar refractivity (Wildman–Crippen MR) is 90.8 cm³/mol. The van der Waals surface area contributed by atoms with Crippen LogP contribution in [0.4, 0.5) is 5.69 Å². The Morgan fingerprint density at radius 2 is 1.82 bits per heavy atom. The molecule has 2 aromatic carbocycles. The van der Waals surface area contributed by atoms with Crippen LogP contribution in [0.5, 0.6) is 5.75 Å². The first-order valence-electron chi connectivity index (χ1n) is 6.62. The number of nitrogens with zero attached hydrogens (tertiary/aromatic N) is 1. The van der Waals surface area contributed by atoms with Crippen molar-refractivity contribution in [2.24, 2.45) is 5.10 Å². The van der Waals surface area contributed by atoms with Gasteiger partial charge in [0.05, 0.1) is 5.71 Å². The molecule has 0 radical (unpaired) electrons. The van der Waals surface area contributed by atoms with E-state index in [-0.39, 0.29) is 12.5 Å². The second kappa shape index (κ2) is 7.61. The summed E-state index contributed by atoms with van der Waals surface area (Å²) in [5.41, 5.74) is 10.4. The fourth-order valence-corrected chi connectivity index (χ4v) is 1.91. The number of carbonyl (C=O) groups excluding carboxylic acids is 1. The van der Waals surface area contributed by atoms with Crippen LogP contribution < -0.4 is 15.9 Å². The number of carbonyl (C=O) groups is 1. The molecule has 0 fully saturated rings. The highest BCUT2D eigenvalue weighted by molar-refractivity contribution is 9.10. The van der Waals surface area contributed by atoms with E-state index < -0.39 is 0 Å². The van der Waals surface area contributed by atoms with Crippen molar-refractivity contribution in [1.82, 2.24) is 5.43 Å². The zero-order chi connectivity index (χ0) is 15.9. The second-order valence-corrected chi connectivity index (χ2v) is 5.51. The van der Waals surface area contributed by atoms with Gasteiger partial charge in [-0.05, 0) is 48.9 Å². The van der Waals surface area contributed by atoms with Gasteiger partial charge < -0.3 is 10.5 Å². The fourth-order valence-electron chi connectivity index (χ4n) is 1.65. The van der Waals surface area contributed by atoms with Crippen LogP contribution in [0.2, 0.25) is 0 Å². The van der Waals surface area contributed by atoms with E-state index in [4.69, 9.17) is 10.5 Å². The number of hydrogen-bond donors (Lipinski definition) is 2. The highest BCUT2D eigenvalue weighted by Crippen LogP contribution is 2.15. The lowest BCUT2D eigenvalue weighted by atomic mass is 10.1. The lowest BCUT2D eigenvalue weighted by Crippen LogP contribution is -2.25. The monoisotopic (exact) mass is 361 g/mol. The Hall–Kier alpha value is -2.34. The van der Waals surface area contributed by atoms with Crippen LogP contribution in [0.15, 0.2) is 58.1 Å². The molecule has 6 heteroatoms. The Morgan fingerprint density at radius 1 is 1.18 bits per heavy atom. The molecular formula is C16H16BrN3O2. The molecule has 5 nitrogen and oxygen atoms in total. The molecule has 3 N–H and O–H groups in total. The normalized spacial score (nSPS) is 11.1. The summed E-state index contributed by atoms with van der Waals surface area (Å²) in [6.07, 6.45) is 0. The molecule has 0 bridgehead atoms. The molecule has 0 heterocycles. The van der Waals surface area contributed by atoms with Crippen LogP contribution in [0.25, 0.3) is 0 Å². The first kappa shape index (κ1) is 16.0. The summed E-state index contributed by atoms with van der Waals surface area (Å²) in [5, 5.41) is 4.04. The zero-order valence-electron chi connectivity index (χ0n) is 12.0. The number of benzene rings is 2. The molecule has 2 rings (SSSR count). The van der Waals surface area contributed by atoms with Gasteiger partial charge in [-0.2, -0.15) is 5.10 Å². The highest BCUT2D eigenvalue weighted by Gasteiger charge is 2.03. The SMILES string of the molecule is C/C(=N/NC(=O)COc1ccc(Br)cc1)c1ccc(N)cc1. The maximum absolute atomic E-state index is 11.7. The van der Waals surface area contributed by atoms with Gasteiger partial charge >= 0.3 is 0 Å². The molecule has 0 saturated carbocycles. The molecule has 0 atom stereocenters. The third kappa shape index (κ3) is 4.89. The van der Waals surface area contributed by atoms with Crippen LogP contribution in [-0.4, -0.2) is 18.2 Å². The number of hydrazone groups is 1. The van der Waals surface area contributed by atoms with E-state index in [0.29, 0.717) is 17.1 Å². The summed E-state index contributed by atoms with van der Waals surface area (Å²) >= 11 is 3.33. The number of nitrogens with one attached hydrogen (secondary N) is 1. The van der Waals surface area contributed by atoms with Gasteiger partial charge in [-0.3, -0.25) is 4.79 Å². The third-order valence-electron chi connectivity index (χ3n) is 2.86. The maximum Gasteiger partial charge on any atom is 0.277 e. The van der Waals surface area contributed by atoms with Gasteiger partial charge in [-0.15, -0.1) is 0 Å². The van der Waals surface area contributed by atoms with E-state index in [0.717, 1.165) is 10.0 Å². The molecule has 0 aliphatic carbocycles. The van der Waals surface area contributed by atoms with Gasteiger partial charge in [0.15, 0.2) is 6.61 Å². The van der Waals surface area contributed by atoms with E-state index >= 15 is 0 Å². The number of amides is 1. The second-order valence-electron chi connectivity index (χ2n) is 4.60. The van der Waals surface area contributed by atoms with E-state index in [1.54, 1.807) is 31.2 Å². The van der Waals surface area contributed by atoms with Crippen molar-refractivity contribution in [3.63, 3.8) is 0 Å². The lowest BCUT2D eigenvalue weighted by molar-refractivity contribution is -0.123. The van der Waals surface area contributed by atoms with E-state index in [1.807, 2.05) is 24.3 Å². The van der Waals surface area contributed by atoms with E-state index in [2.05, 4.69) is 26.5 Å². The molecule has 114 valence electrons. The molecule has 0 aromatic heterocycles. The minimum atomic E-state index is -0.322. The third-order valence-corrected chi connectivity index (χ3v) is 3.39. The summed E-state index contributed by atoms with van der Waals surface area (Å²) in [6.45, 7) is 1.71. The molecule has 1 amide bonds. The molecule has 0 aliphatic heterocycles. The van der Waals surface area contributed by atoms with Crippen molar-refractivity contribution in [3.05, 3.63) is 58.6 Å². The maximum atomic E-state index is 11.7. The number of rotatable bonds is 5.